The number of aliphatic hydroxyl groups is 3. The van der Waals surface area contributed by atoms with E-state index in [0.717, 1.165) is 0 Å². The van der Waals surface area contributed by atoms with E-state index in [-0.39, 0.29) is 24.2 Å². The maximum atomic E-state index is 11.4. The second-order valence-corrected chi connectivity index (χ2v) is 5.11. The molecule has 0 aromatic heterocycles. The number of carbonyl (C=O) groups is 1. The molecule has 0 bridgehead atoms. The molecule has 1 aliphatic heterocycles. The van der Waals surface area contributed by atoms with E-state index in [0.29, 0.717) is 0 Å². The quantitative estimate of drug-likeness (QED) is 0.405. The van der Waals surface area contributed by atoms with Crippen LogP contribution < -0.4 is 5.32 Å². The fourth-order valence-corrected chi connectivity index (χ4v) is 2.21. The maximum absolute atomic E-state index is 11.4. The van der Waals surface area contributed by atoms with Crippen molar-refractivity contribution in [2.45, 2.75) is 44.3 Å². The summed E-state index contributed by atoms with van der Waals surface area (Å²) in [5, 5.41) is 31.5. The summed E-state index contributed by atoms with van der Waals surface area (Å²) in [6.07, 6.45) is -3.71. The zero-order chi connectivity index (χ0) is 13.9. The number of ether oxygens (including phenoxy) is 1. The van der Waals surface area contributed by atoms with Crippen LogP contribution in [0.4, 0.5) is 0 Å². The summed E-state index contributed by atoms with van der Waals surface area (Å²) in [5.74, 6) is -0.328. The molecule has 6 nitrogen and oxygen atoms in total. The summed E-state index contributed by atoms with van der Waals surface area (Å²) in [7, 11) is 0. The highest BCUT2D eigenvalue weighted by molar-refractivity contribution is 7.81. The Hall–Kier alpha value is -0.340. The smallest absolute Gasteiger partial charge is 0.230 e. The van der Waals surface area contributed by atoms with Crippen molar-refractivity contribution in [1.29, 1.82) is 0 Å². The van der Waals surface area contributed by atoms with Crippen molar-refractivity contribution in [1.82, 2.24) is 5.32 Å². The molecule has 106 valence electrons. The first-order chi connectivity index (χ1) is 8.42. The number of amides is 1. The van der Waals surface area contributed by atoms with Crippen LogP contribution in [0.1, 0.15) is 13.8 Å². The van der Waals surface area contributed by atoms with Gasteiger partial charge in [0, 0.05) is 0 Å². The standard InChI is InChI=1S/C11H21NO5S/c1-5(2)11-8(12-7(14)4-18)10(16)9(15)6(3-13)17-11/h5-6,8-11,13,15-16,18H,3-4H2,1-2H3,(H,12,14). The second kappa shape index (κ2) is 6.72. The van der Waals surface area contributed by atoms with E-state index in [1.807, 2.05) is 13.8 Å². The van der Waals surface area contributed by atoms with E-state index >= 15 is 0 Å². The third kappa shape index (κ3) is 3.36. The van der Waals surface area contributed by atoms with Crippen LogP contribution in [-0.2, 0) is 9.53 Å². The first kappa shape index (κ1) is 15.7. The minimum absolute atomic E-state index is 0.00639. The molecule has 4 N–H and O–H groups in total. The number of nitrogens with one attached hydrogen (secondary N) is 1. The van der Waals surface area contributed by atoms with Gasteiger partial charge in [-0.05, 0) is 5.92 Å². The van der Waals surface area contributed by atoms with Crippen LogP contribution in [0.2, 0.25) is 0 Å². The Morgan fingerprint density at radius 1 is 1.39 bits per heavy atom. The molecule has 0 aliphatic carbocycles. The summed E-state index contributed by atoms with van der Waals surface area (Å²) >= 11 is 3.85. The number of hydrogen-bond donors (Lipinski definition) is 5. The van der Waals surface area contributed by atoms with E-state index in [4.69, 9.17) is 9.84 Å². The Kier molecular flexibility index (Phi) is 5.87. The van der Waals surface area contributed by atoms with E-state index in [1.165, 1.54) is 0 Å². The Labute approximate surface area is 112 Å². The third-order valence-corrected chi connectivity index (χ3v) is 3.38. The number of carbonyl (C=O) groups excluding carboxylic acids is 1. The molecule has 1 heterocycles. The predicted molar refractivity (Wildman–Crippen MR) is 68.4 cm³/mol. The molecule has 1 saturated heterocycles. The molecule has 0 aromatic rings. The van der Waals surface area contributed by atoms with Gasteiger partial charge in [-0.2, -0.15) is 12.6 Å². The zero-order valence-electron chi connectivity index (χ0n) is 10.5. The lowest BCUT2D eigenvalue weighted by atomic mass is 9.87. The Bertz CT molecular complexity index is 289. The first-order valence-electron chi connectivity index (χ1n) is 5.95. The highest BCUT2D eigenvalue weighted by atomic mass is 32.1. The molecule has 5 atom stereocenters. The first-order valence-corrected chi connectivity index (χ1v) is 6.58. The van der Waals surface area contributed by atoms with Crippen molar-refractivity contribution < 1.29 is 24.9 Å². The Morgan fingerprint density at radius 3 is 2.44 bits per heavy atom. The van der Waals surface area contributed by atoms with Gasteiger partial charge in [-0.15, -0.1) is 0 Å². The van der Waals surface area contributed by atoms with Crippen LogP contribution in [0.5, 0.6) is 0 Å². The van der Waals surface area contributed by atoms with E-state index in [9.17, 15) is 15.0 Å². The van der Waals surface area contributed by atoms with Gasteiger partial charge in [0.1, 0.15) is 18.3 Å². The minimum Gasteiger partial charge on any atom is -0.394 e. The van der Waals surface area contributed by atoms with Gasteiger partial charge >= 0.3 is 0 Å². The molecule has 0 saturated carbocycles. The normalized spacial score (nSPS) is 36.7. The molecule has 7 heteroatoms. The van der Waals surface area contributed by atoms with Crippen LogP contribution in [-0.4, -0.2) is 64.0 Å². The largest absolute Gasteiger partial charge is 0.394 e. The minimum atomic E-state index is -1.23. The molecule has 1 aliphatic rings. The van der Waals surface area contributed by atoms with E-state index < -0.39 is 30.5 Å². The van der Waals surface area contributed by atoms with Crippen molar-refractivity contribution in [2.24, 2.45) is 5.92 Å². The van der Waals surface area contributed by atoms with Crippen molar-refractivity contribution >= 4 is 18.5 Å². The summed E-state index contributed by atoms with van der Waals surface area (Å²) < 4.78 is 5.54. The van der Waals surface area contributed by atoms with Crippen molar-refractivity contribution in [2.75, 3.05) is 12.4 Å². The van der Waals surface area contributed by atoms with Gasteiger partial charge in [0.15, 0.2) is 0 Å². The molecule has 0 radical (unpaired) electrons. The summed E-state index contributed by atoms with van der Waals surface area (Å²) in [6.45, 7) is 3.38. The van der Waals surface area contributed by atoms with Crippen LogP contribution in [0.25, 0.3) is 0 Å². The molecule has 0 spiro atoms. The van der Waals surface area contributed by atoms with Gasteiger partial charge in [-0.25, -0.2) is 0 Å². The molecule has 1 amide bonds. The van der Waals surface area contributed by atoms with E-state index in [2.05, 4.69) is 17.9 Å². The van der Waals surface area contributed by atoms with Crippen LogP contribution in [0, 0.1) is 5.92 Å². The topological polar surface area (TPSA) is 99.0 Å². The maximum Gasteiger partial charge on any atom is 0.230 e. The van der Waals surface area contributed by atoms with Crippen LogP contribution in [0.15, 0.2) is 0 Å². The van der Waals surface area contributed by atoms with Gasteiger partial charge in [-0.3, -0.25) is 4.79 Å². The highest BCUT2D eigenvalue weighted by Crippen LogP contribution is 2.25. The summed E-state index contributed by atoms with van der Waals surface area (Å²) in [5.41, 5.74) is 0. The van der Waals surface area contributed by atoms with Crippen LogP contribution >= 0.6 is 12.6 Å². The van der Waals surface area contributed by atoms with Gasteiger partial charge in [0.2, 0.25) is 5.91 Å². The second-order valence-electron chi connectivity index (χ2n) is 4.80. The van der Waals surface area contributed by atoms with E-state index in [1.54, 1.807) is 0 Å². The Morgan fingerprint density at radius 2 is 2.00 bits per heavy atom. The fourth-order valence-electron chi connectivity index (χ4n) is 2.12. The number of hydrogen-bond acceptors (Lipinski definition) is 6. The number of rotatable bonds is 4. The third-order valence-electron chi connectivity index (χ3n) is 3.09. The molecule has 18 heavy (non-hydrogen) atoms. The number of thiol groups is 1. The zero-order valence-corrected chi connectivity index (χ0v) is 11.4. The van der Waals surface area contributed by atoms with Gasteiger partial charge in [0.25, 0.3) is 0 Å². The average Bonchev–Trinajstić information content (AvgIpc) is 2.34. The van der Waals surface area contributed by atoms with Crippen molar-refractivity contribution in [3.63, 3.8) is 0 Å². The SMILES string of the molecule is CC(C)C1OC(CO)C(O)C(O)C1NC(=O)CS. The van der Waals surface area contributed by atoms with Crippen molar-refractivity contribution in [3.8, 4) is 0 Å². The molecule has 5 unspecified atom stereocenters. The molecular weight excluding hydrogens is 258 g/mol. The predicted octanol–water partition coefficient (Wildman–Crippen LogP) is -1.46. The van der Waals surface area contributed by atoms with Crippen molar-refractivity contribution in [3.05, 3.63) is 0 Å². The summed E-state index contributed by atoms with van der Waals surface area (Å²) in [4.78, 5) is 11.4. The number of aliphatic hydroxyl groups excluding tert-OH is 3. The molecule has 0 aromatic carbocycles. The van der Waals surface area contributed by atoms with Gasteiger partial charge in [-0.1, -0.05) is 13.8 Å². The summed E-state index contributed by atoms with van der Waals surface area (Å²) in [6, 6.07) is -0.706. The van der Waals surface area contributed by atoms with Crippen LogP contribution in [0.3, 0.4) is 0 Å². The lowest BCUT2D eigenvalue weighted by Crippen LogP contribution is -2.65. The molecule has 1 rings (SSSR count). The lowest BCUT2D eigenvalue weighted by Gasteiger charge is -2.44. The monoisotopic (exact) mass is 279 g/mol. The average molecular weight is 279 g/mol. The highest BCUT2D eigenvalue weighted by Gasteiger charge is 2.45. The van der Waals surface area contributed by atoms with Gasteiger partial charge < -0.3 is 25.4 Å². The van der Waals surface area contributed by atoms with Gasteiger partial charge in [0.05, 0.1) is 24.5 Å². The molecular formula is C11H21NO5S. The fraction of sp³-hybridized carbons (Fsp3) is 0.909. The lowest BCUT2D eigenvalue weighted by molar-refractivity contribution is -0.204. The Balaban J connectivity index is 2.85. The molecule has 1 fully saturated rings.